The standard InChI is InChI=1S/C14H14ClN/c1-10-12(9-16)5-3-7-14(10)11-4-2-6-13(15)8-11/h2-8H,9,16H2,1H3. The molecule has 0 aliphatic heterocycles. The van der Waals surface area contributed by atoms with E-state index in [1.807, 2.05) is 24.3 Å². The Kier molecular flexibility index (Phi) is 3.28. The second-order valence-corrected chi connectivity index (χ2v) is 4.24. The molecule has 0 unspecified atom stereocenters. The molecule has 2 aromatic carbocycles. The summed E-state index contributed by atoms with van der Waals surface area (Å²) in [6.45, 7) is 2.67. The van der Waals surface area contributed by atoms with Crippen molar-refractivity contribution >= 4 is 11.6 Å². The lowest BCUT2D eigenvalue weighted by Gasteiger charge is -2.10. The fourth-order valence-electron chi connectivity index (χ4n) is 1.87. The van der Waals surface area contributed by atoms with Gasteiger partial charge in [0.2, 0.25) is 0 Å². The van der Waals surface area contributed by atoms with E-state index < -0.39 is 0 Å². The van der Waals surface area contributed by atoms with Crippen molar-refractivity contribution in [2.45, 2.75) is 13.5 Å². The molecule has 0 amide bonds. The Balaban J connectivity index is 2.56. The van der Waals surface area contributed by atoms with Crippen LogP contribution in [0.3, 0.4) is 0 Å². The molecule has 0 bridgehead atoms. The van der Waals surface area contributed by atoms with Crippen molar-refractivity contribution in [1.82, 2.24) is 0 Å². The molecule has 82 valence electrons. The van der Waals surface area contributed by atoms with E-state index in [1.165, 1.54) is 16.7 Å². The summed E-state index contributed by atoms with van der Waals surface area (Å²) in [5.41, 5.74) is 10.4. The molecule has 0 aliphatic carbocycles. The summed E-state index contributed by atoms with van der Waals surface area (Å²) in [5, 5.41) is 0.759. The van der Waals surface area contributed by atoms with Crippen molar-refractivity contribution in [2.75, 3.05) is 0 Å². The van der Waals surface area contributed by atoms with Gasteiger partial charge in [-0.1, -0.05) is 41.9 Å². The van der Waals surface area contributed by atoms with Crippen LogP contribution in [0.15, 0.2) is 42.5 Å². The predicted octanol–water partition coefficient (Wildman–Crippen LogP) is 3.77. The third-order valence-corrected chi connectivity index (χ3v) is 3.04. The van der Waals surface area contributed by atoms with Crippen LogP contribution in [0.25, 0.3) is 11.1 Å². The van der Waals surface area contributed by atoms with Gasteiger partial charge in [0.05, 0.1) is 0 Å². The Morgan fingerprint density at radius 1 is 1.12 bits per heavy atom. The van der Waals surface area contributed by atoms with Crippen LogP contribution in [-0.4, -0.2) is 0 Å². The molecule has 0 saturated heterocycles. The van der Waals surface area contributed by atoms with Crippen molar-refractivity contribution in [3.8, 4) is 11.1 Å². The molecule has 2 N–H and O–H groups in total. The van der Waals surface area contributed by atoms with Crippen LogP contribution in [-0.2, 0) is 6.54 Å². The van der Waals surface area contributed by atoms with E-state index in [-0.39, 0.29) is 0 Å². The zero-order valence-electron chi connectivity index (χ0n) is 9.20. The van der Waals surface area contributed by atoms with Crippen LogP contribution in [0.2, 0.25) is 5.02 Å². The minimum absolute atomic E-state index is 0.570. The van der Waals surface area contributed by atoms with Crippen LogP contribution < -0.4 is 5.73 Å². The van der Waals surface area contributed by atoms with Crippen molar-refractivity contribution in [1.29, 1.82) is 0 Å². The van der Waals surface area contributed by atoms with Crippen molar-refractivity contribution in [2.24, 2.45) is 5.73 Å². The molecule has 0 spiro atoms. The molecular formula is C14H14ClN. The molecule has 0 radical (unpaired) electrons. The average Bonchev–Trinajstić information content (AvgIpc) is 2.29. The lowest BCUT2D eigenvalue weighted by atomic mass is 9.96. The van der Waals surface area contributed by atoms with Crippen molar-refractivity contribution in [3.63, 3.8) is 0 Å². The SMILES string of the molecule is Cc1c(CN)cccc1-c1cccc(Cl)c1. The maximum atomic E-state index is 6.00. The highest BCUT2D eigenvalue weighted by Crippen LogP contribution is 2.27. The van der Waals surface area contributed by atoms with Gasteiger partial charge in [0.15, 0.2) is 0 Å². The normalized spacial score (nSPS) is 10.4. The van der Waals surface area contributed by atoms with Crippen molar-refractivity contribution < 1.29 is 0 Å². The van der Waals surface area contributed by atoms with E-state index in [0.29, 0.717) is 6.54 Å². The quantitative estimate of drug-likeness (QED) is 0.837. The van der Waals surface area contributed by atoms with E-state index in [0.717, 1.165) is 10.6 Å². The van der Waals surface area contributed by atoms with Gasteiger partial charge in [0.1, 0.15) is 0 Å². The van der Waals surface area contributed by atoms with E-state index in [1.54, 1.807) is 0 Å². The largest absolute Gasteiger partial charge is 0.326 e. The van der Waals surface area contributed by atoms with E-state index in [9.17, 15) is 0 Å². The Morgan fingerprint density at radius 2 is 1.88 bits per heavy atom. The van der Waals surface area contributed by atoms with Gasteiger partial charge in [-0.2, -0.15) is 0 Å². The number of halogens is 1. The number of benzene rings is 2. The zero-order valence-corrected chi connectivity index (χ0v) is 9.96. The van der Waals surface area contributed by atoms with Crippen LogP contribution >= 0.6 is 11.6 Å². The number of nitrogens with two attached hydrogens (primary N) is 1. The van der Waals surface area contributed by atoms with E-state index in [2.05, 4.69) is 25.1 Å². The number of rotatable bonds is 2. The van der Waals surface area contributed by atoms with Gasteiger partial charge in [0.25, 0.3) is 0 Å². The van der Waals surface area contributed by atoms with E-state index >= 15 is 0 Å². The molecular weight excluding hydrogens is 218 g/mol. The van der Waals surface area contributed by atoms with Gasteiger partial charge in [0, 0.05) is 11.6 Å². The summed E-state index contributed by atoms with van der Waals surface area (Å²) >= 11 is 6.00. The first kappa shape index (κ1) is 11.2. The maximum absolute atomic E-state index is 6.00. The highest BCUT2D eigenvalue weighted by atomic mass is 35.5. The summed E-state index contributed by atoms with van der Waals surface area (Å²) in [5.74, 6) is 0. The second kappa shape index (κ2) is 4.69. The van der Waals surface area contributed by atoms with Crippen LogP contribution in [0.5, 0.6) is 0 Å². The van der Waals surface area contributed by atoms with E-state index in [4.69, 9.17) is 17.3 Å². The lowest BCUT2D eigenvalue weighted by Crippen LogP contribution is -1.99. The fourth-order valence-corrected chi connectivity index (χ4v) is 2.06. The molecule has 0 atom stereocenters. The molecule has 0 heterocycles. The highest BCUT2D eigenvalue weighted by molar-refractivity contribution is 6.30. The molecule has 0 fully saturated rings. The minimum Gasteiger partial charge on any atom is -0.326 e. The maximum Gasteiger partial charge on any atom is 0.0412 e. The Hall–Kier alpha value is -1.31. The summed E-state index contributed by atoms with van der Waals surface area (Å²) < 4.78 is 0. The Labute approximate surface area is 101 Å². The Morgan fingerprint density at radius 3 is 2.56 bits per heavy atom. The third-order valence-electron chi connectivity index (χ3n) is 2.80. The Bertz CT molecular complexity index is 506. The van der Waals surface area contributed by atoms with Crippen LogP contribution in [0, 0.1) is 6.92 Å². The number of hydrogen-bond acceptors (Lipinski definition) is 1. The molecule has 0 aliphatic rings. The smallest absolute Gasteiger partial charge is 0.0412 e. The van der Waals surface area contributed by atoms with Gasteiger partial charge in [-0.15, -0.1) is 0 Å². The van der Waals surface area contributed by atoms with Gasteiger partial charge in [-0.05, 0) is 41.3 Å². The third kappa shape index (κ3) is 2.11. The zero-order chi connectivity index (χ0) is 11.5. The summed E-state index contributed by atoms with van der Waals surface area (Å²) in [7, 11) is 0. The minimum atomic E-state index is 0.570. The molecule has 0 saturated carbocycles. The predicted molar refractivity (Wildman–Crippen MR) is 69.5 cm³/mol. The van der Waals surface area contributed by atoms with Gasteiger partial charge in [-0.25, -0.2) is 0 Å². The van der Waals surface area contributed by atoms with Crippen LogP contribution in [0.4, 0.5) is 0 Å². The monoisotopic (exact) mass is 231 g/mol. The number of hydrogen-bond donors (Lipinski definition) is 1. The first-order valence-electron chi connectivity index (χ1n) is 5.27. The fraction of sp³-hybridized carbons (Fsp3) is 0.143. The average molecular weight is 232 g/mol. The van der Waals surface area contributed by atoms with Crippen molar-refractivity contribution in [3.05, 3.63) is 58.6 Å². The molecule has 2 aromatic rings. The molecule has 2 heteroatoms. The molecule has 2 rings (SSSR count). The van der Waals surface area contributed by atoms with Crippen LogP contribution in [0.1, 0.15) is 11.1 Å². The van der Waals surface area contributed by atoms with Gasteiger partial charge in [-0.3, -0.25) is 0 Å². The summed E-state index contributed by atoms with van der Waals surface area (Å²) in [6, 6.07) is 14.1. The molecule has 16 heavy (non-hydrogen) atoms. The lowest BCUT2D eigenvalue weighted by molar-refractivity contribution is 1.05. The second-order valence-electron chi connectivity index (χ2n) is 3.80. The first-order valence-corrected chi connectivity index (χ1v) is 5.64. The molecule has 1 nitrogen and oxygen atoms in total. The summed E-state index contributed by atoms with van der Waals surface area (Å²) in [6.07, 6.45) is 0. The highest BCUT2D eigenvalue weighted by Gasteiger charge is 2.05. The van der Waals surface area contributed by atoms with Gasteiger partial charge >= 0.3 is 0 Å². The first-order chi connectivity index (χ1) is 7.72. The van der Waals surface area contributed by atoms with Gasteiger partial charge < -0.3 is 5.73 Å². The molecule has 0 aromatic heterocycles. The summed E-state index contributed by atoms with van der Waals surface area (Å²) in [4.78, 5) is 0. The topological polar surface area (TPSA) is 26.0 Å².